The van der Waals surface area contributed by atoms with Gasteiger partial charge >= 0.3 is 0 Å². The Balaban J connectivity index is 2.15. The summed E-state index contributed by atoms with van der Waals surface area (Å²) in [6.07, 6.45) is 2.95. The highest BCUT2D eigenvalue weighted by Crippen LogP contribution is 2.24. The molecule has 1 amide bonds. The first-order valence-electron chi connectivity index (χ1n) is 6.06. The second-order valence-electron chi connectivity index (χ2n) is 4.44. The molecule has 1 aromatic carbocycles. The summed E-state index contributed by atoms with van der Waals surface area (Å²) in [5, 5.41) is 10.8. The fourth-order valence-electron chi connectivity index (χ4n) is 1.63. The van der Waals surface area contributed by atoms with Crippen molar-refractivity contribution >= 4 is 49.8 Å². The van der Waals surface area contributed by atoms with Gasteiger partial charge in [0.05, 0.1) is 11.9 Å². The van der Waals surface area contributed by atoms with Crippen LogP contribution in [0.5, 0.6) is 0 Å². The molecule has 0 radical (unpaired) electrons. The quantitative estimate of drug-likeness (QED) is 0.628. The zero-order chi connectivity index (χ0) is 16.3. The molecule has 0 fully saturated rings. The van der Waals surface area contributed by atoms with Crippen molar-refractivity contribution < 1.29 is 13.2 Å². The zero-order valence-corrected chi connectivity index (χ0v) is 14.5. The maximum atomic E-state index is 12.1. The number of amides is 1. The molecule has 10 heteroatoms. The molecule has 2 N–H and O–H groups in total. The molecule has 0 bridgehead atoms. The third-order valence-electron chi connectivity index (χ3n) is 2.59. The van der Waals surface area contributed by atoms with Gasteiger partial charge in [-0.25, -0.2) is 8.42 Å². The standard InChI is InChI=1S/C12H14N4O3S3/c1-7-6-8(4-5-9(7)16-22(3,18)19)10(17)13-11-14-15-12(20-2)21-11/h4-6,16H,1-3H3,(H,13,14,17). The fourth-order valence-corrected chi connectivity index (χ4v) is 3.42. The highest BCUT2D eigenvalue weighted by atomic mass is 32.2. The lowest BCUT2D eigenvalue weighted by Crippen LogP contribution is -2.14. The summed E-state index contributed by atoms with van der Waals surface area (Å²) in [6.45, 7) is 1.72. The number of thioether (sulfide) groups is 1. The second-order valence-corrected chi connectivity index (χ2v) is 8.21. The van der Waals surface area contributed by atoms with Gasteiger partial charge in [-0.2, -0.15) is 0 Å². The van der Waals surface area contributed by atoms with Crippen molar-refractivity contribution in [2.75, 3.05) is 22.6 Å². The lowest BCUT2D eigenvalue weighted by Gasteiger charge is -2.09. The minimum atomic E-state index is -3.35. The van der Waals surface area contributed by atoms with Gasteiger partial charge in [0.2, 0.25) is 15.2 Å². The molecule has 7 nitrogen and oxygen atoms in total. The molecule has 0 atom stereocenters. The molecule has 22 heavy (non-hydrogen) atoms. The Morgan fingerprint density at radius 2 is 2.05 bits per heavy atom. The van der Waals surface area contributed by atoms with Gasteiger partial charge in [0, 0.05) is 5.56 Å². The average Bonchev–Trinajstić information content (AvgIpc) is 2.87. The molecule has 1 heterocycles. The van der Waals surface area contributed by atoms with Crippen molar-refractivity contribution in [1.29, 1.82) is 0 Å². The number of aryl methyl sites for hydroxylation is 1. The average molecular weight is 358 g/mol. The molecule has 0 aliphatic carbocycles. The molecule has 0 saturated carbocycles. The van der Waals surface area contributed by atoms with Crippen LogP contribution in [0, 0.1) is 6.92 Å². The van der Waals surface area contributed by atoms with Crippen LogP contribution in [-0.4, -0.2) is 37.0 Å². The van der Waals surface area contributed by atoms with Gasteiger partial charge in [-0.3, -0.25) is 14.8 Å². The Morgan fingerprint density at radius 1 is 1.32 bits per heavy atom. The summed E-state index contributed by atoms with van der Waals surface area (Å²) in [5.41, 5.74) is 1.51. The van der Waals surface area contributed by atoms with Crippen molar-refractivity contribution in [2.24, 2.45) is 0 Å². The van der Waals surface area contributed by atoms with E-state index in [1.807, 2.05) is 6.26 Å². The fraction of sp³-hybridized carbons (Fsp3) is 0.250. The minimum Gasteiger partial charge on any atom is -0.296 e. The van der Waals surface area contributed by atoms with Gasteiger partial charge in [-0.05, 0) is 36.9 Å². The second kappa shape index (κ2) is 6.63. The lowest BCUT2D eigenvalue weighted by molar-refractivity contribution is 0.102. The van der Waals surface area contributed by atoms with E-state index in [4.69, 9.17) is 0 Å². The van der Waals surface area contributed by atoms with Gasteiger partial charge in [0.15, 0.2) is 4.34 Å². The first kappa shape index (κ1) is 16.7. The van der Waals surface area contributed by atoms with Gasteiger partial charge in [0.1, 0.15) is 0 Å². The van der Waals surface area contributed by atoms with E-state index in [1.54, 1.807) is 25.1 Å². The van der Waals surface area contributed by atoms with Crippen LogP contribution in [0.2, 0.25) is 0 Å². The monoisotopic (exact) mass is 358 g/mol. The number of anilines is 2. The highest BCUT2D eigenvalue weighted by molar-refractivity contribution is 8.00. The normalized spacial score (nSPS) is 11.2. The number of sulfonamides is 1. The third kappa shape index (κ3) is 4.42. The molecule has 0 aliphatic rings. The van der Waals surface area contributed by atoms with E-state index in [9.17, 15) is 13.2 Å². The number of hydrogen-bond acceptors (Lipinski definition) is 7. The molecule has 0 spiro atoms. The van der Waals surface area contributed by atoms with Gasteiger partial charge in [-0.15, -0.1) is 10.2 Å². The SMILES string of the molecule is CSc1nnc(NC(=O)c2ccc(NS(C)(=O)=O)c(C)c2)s1. The minimum absolute atomic E-state index is 0.321. The predicted molar refractivity (Wildman–Crippen MR) is 89.3 cm³/mol. The molecular formula is C12H14N4O3S3. The van der Waals surface area contributed by atoms with E-state index in [-0.39, 0.29) is 5.91 Å². The van der Waals surface area contributed by atoms with Crippen LogP contribution in [0.3, 0.4) is 0 Å². The number of aromatic nitrogens is 2. The molecular weight excluding hydrogens is 344 g/mol. The Bertz CT molecular complexity index is 802. The topological polar surface area (TPSA) is 101 Å². The van der Waals surface area contributed by atoms with Gasteiger partial charge in [0.25, 0.3) is 5.91 Å². The van der Waals surface area contributed by atoms with Crippen LogP contribution >= 0.6 is 23.1 Å². The largest absolute Gasteiger partial charge is 0.296 e. The Hall–Kier alpha value is -1.65. The number of benzene rings is 1. The lowest BCUT2D eigenvalue weighted by atomic mass is 10.1. The van der Waals surface area contributed by atoms with E-state index < -0.39 is 10.0 Å². The molecule has 0 unspecified atom stereocenters. The van der Waals surface area contributed by atoms with Gasteiger partial charge in [-0.1, -0.05) is 23.1 Å². The Labute approximate surface area is 136 Å². The summed E-state index contributed by atoms with van der Waals surface area (Å²) in [4.78, 5) is 12.1. The van der Waals surface area contributed by atoms with Crippen molar-refractivity contribution in [3.8, 4) is 0 Å². The van der Waals surface area contributed by atoms with E-state index in [0.29, 0.717) is 21.9 Å². The summed E-state index contributed by atoms with van der Waals surface area (Å²) in [5.74, 6) is -0.321. The molecule has 2 rings (SSSR count). The van der Waals surface area contributed by atoms with Crippen molar-refractivity contribution in [3.63, 3.8) is 0 Å². The van der Waals surface area contributed by atoms with Crippen LogP contribution in [0.25, 0.3) is 0 Å². The number of nitrogens with one attached hydrogen (secondary N) is 2. The van der Waals surface area contributed by atoms with E-state index in [0.717, 1.165) is 10.6 Å². The maximum absolute atomic E-state index is 12.1. The first-order valence-corrected chi connectivity index (χ1v) is 9.99. The predicted octanol–water partition coefficient (Wildman–Crippen LogP) is 2.19. The molecule has 1 aromatic heterocycles. The van der Waals surface area contributed by atoms with Gasteiger partial charge < -0.3 is 0 Å². The molecule has 2 aromatic rings. The Kier molecular flexibility index (Phi) is 5.04. The summed E-state index contributed by atoms with van der Waals surface area (Å²) < 4.78 is 25.6. The summed E-state index contributed by atoms with van der Waals surface area (Å²) in [7, 11) is -3.35. The maximum Gasteiger partial charge on any atom is 0.257 e. The van der Waals surface area contributed by atoms with Crippen LogP contribution in [0.15, 0.2) is 22.5 Å². The van der Waals surface area contributed by atoms with Crippen molar-refractivity contribution in [1.82, 2.24) is 10.2 Å². The van der Waals surface area contributed by atoms with Crippen LogP contribution in [-0.2, 0) is 10.0 Å². The van der Waals surface area contributed by atoms with E-state index in [2.05, 4.69) is 20.2 Å². The molecule has 0 saturated heterocycles. The van der Waals surface area contributed by atoms with E-state index in [1.165, 1.54) is 23.1 Å². The molecule has 118 valence electrons. The summed E-state index contributed by atoms with van der Waals surface area (Å²) >= 11 is 2.74. The highest BCUT2D eigenvalue weighted by Gasteiger charge is 2.12. The number of hydrogen-bond donors (Lipinski definition) is 2. The molecule has 0 aliphatic heterocycles. The van der Waals surface area contributed by atoms with E-state index >= 15 is 0 Å². The smallest absolute Gasteiger partial charge is 0.257 e. The number of carbonyl (C=O) groups excluding carboxylic acids is 1. The van der Waals surface area contributed by atoms with Crippen LogP contribution in [0.1, 0.15) is 15.9 Å². The van der Waals surface area contributed by atoms with Crippen molar-refractivity contribution in [3.05, 3.63) is 29.3 Å². The first-order chi connectivity index (χ1) is 10.3. The van der Waals surface area contributed by atoms with Crippen LogP contribution in [0.4, 0.5) is 10.8 Å². The third-order valence-corrected chi connectivity index (χ3v) is 4.99. The summed E-state index contributed by atoms with van der Waals surface area (Å²) in [6, 6.07) is 4.71. The Morgan fingerprint density at radius 3 is 2.59 bits per heavy atom. The number of nitrogens with zero attached hydrogens (tertiary/aromatic N) is 2. The van der Waals surface area contributed by atoms with Crippen LogP contribution < -0.4 is 10.0 Å². The number of rotatable bonds is 5. The zero-order valence-electron chi connectivity index (χ0n) is 12.1. The van der Waals surface area contributed by atoms with Crippen molar-refractivity contribution in [2.45, 2.75) is 11.3 Å². The number of carbonyl (C=O) groups is 1.